The summed E-state index contributed by atoms with van der Waals surface area (Å²) in [5, 5.41) is 5.74. The summed E-state index contributed by atoms with van der Waals surface area (Å²) >= 11 is 6.30. The van der Waals surface area contributed by atoms with Gasteiger partial charge in [0.2, 0.25) is 10.0 Å². The Labute approximate surface area is 222 Å². The molecule has 1 fully saturated rings. The molecule has 0 bridgehead atoms. The predicted molar refractivity (Wildman–Crippen MR) is 146 cm³/mol. The van der Waals surface area contributed by atoms with Gasteiger partial charge in [-0.2, -0.15) is 4.31 Å². The number of nitrogens with zero attached hydrogens (tertiary/aromatic N) is 1. The molecule has 194 valence electrons. The third kappa shape index (κ3) is 6.77. The normalized spacial score (nSPS) is 14.5. The minimum absolute atomic E-state index is 0.0240. The zero-order chi connectivity index (χ0) is 26.3. The minimum atomic E-state index is -3.76. The number of sulfonamides is 1. The Morgan fingerprint density at radius 1 is 0.811 bits per heavy atom. The van der Waals surface area contributed by atoms with E-state index in [0.717, 1.165) is 31.2 Å². The van der Waals surface area contributed by atoms with Gasteiger partial charge >= 0.3 is 0 Å². The van der Waals surface area contributed by atoms with Crippen LogP contribution >= 0.6 is 11.6 Å². The summed E-state index contributed by atoms with van der Waals surface area (Å²) < 4.78 is 27.9. The molecule has 1 heterocycles. The second kappa shape index (κ2) is 12.4. The molecule has 3 aromatic carbocycles. The molecule has 9 heteroatoms. The topological polar surface area (TPSA) is 95.6 Å². The van der Waals surface area contributed by atoms with Crippen LogP contribution < -0.4 is 10.6 Å². The van der Waals surface area contributed by atoms with Gasteiger partial charge < -0.3 is 10.6 Å². The van der Waals surface area contributed by atoms with Gasteiger partial charge in [0, 0.05) is 19.6 Å². The monoisotopic (exact) mass is 539 g/mol. The maximum absolute atomic E-state index is 13.2. The highest BCUT2D eigenvalue weighted by Crippen LogP contribution is 2.26. The molecule has 0 unspecified atom stereocenters. The van der Waals surface area contributed by atoms with Gasteiger partial charge in [-0.3, -0.25) is 9.59 Å². The molecule has 1 saturated heterocycles. The summed E-state index contributed by atoms with van der Waals surface area (Å²) in [6.45, 7) is 1.35. The summed E-state index contributed by atoms with van der Waals surface area (Å²) in [6.07, 6.45) is 4.29. The van der Waals surface area contributed by atoms with Gasteiger partial charge in [0.05, 0.1) is 26.7 Å². The van der Waals surface area contributed by atoms with E-state index in [1.807, 2.05) is 30.3 Å². The number of anilines is 1. The van der Waals surface area contributed by atoms with Crippen molar-refractivity contribution in [2.45, 2.75) is 37.0 Å². The largest absolute Gasteiger partial charge is 0.352 e. The molecule has 0 aromatic heterocycles. The Bertz CT molecular complexity index is 1350. The van der Waals surface area contributed by atoms with Crippen LogP contribution in [0.4, 0.5) is 5.69 Å². The summed E-state index contributed by atoms with van der Waals surface area (Å²) in [7, 11) is -3.76. The second-order valence-electron chi connectivity index (χ2n) is 8.95. The van der Waals surface area contributed by atoms with Gasteiger partial charge in [0.15, 0.2) is 0 Å². The lowest BCUT2D eigenvalue weighted by atomic mass is 10.1. The van der Waals surface area contributed by atoms with Crippen LogP contribution in [0, 0.1) is 0 Å². The van der Waals surface area contributed by atoms with Gasteiger partial charge in [-0.25, -0.2) is 8.42 Å². The van der Waals surface area contributed by atoms with Crippen molar-refractivity contribution >= 4 is 39.1 Å². The first-order chi connectivity index (χ1) is 17.9. The summed E-state index contributed by atoms with van der Waals surface area (Å²) in [5.41, 5.74) is 1.74. The molecular weight excluding hydrogens is 510 g/mol. The van der Waals surface area contributed by atoms with Crippen molar-refractivity contribution in [3.63, 3.8) is 0 Å². The van der Waals surface area contributed by atoms with Crippen LogP contribution in [0.3, 0.4) is 0 Å². The molecule has 0 aliphatic carbocycles. The molecule has 4 rings (SSSR count). The third-order valence-corrected chi connectivity index (χ3v) is 8.57. The Morgan fingerprint density at radius 3 is 2.22 bits per heavy atom. The van der Waals surface area contributed by atoms with Gasteiger partial charge in [-0.1, -0.05) is 66.9 Å². The molecule has 1 aliphatic rings. The van der Waals surface area contributed by atoms with E-state index in [-0.39, 0.29) is 21.4 Å². The van der Waals surface area contributed by atoms with Crippen molar-refractivity contribution < 1.29 is 18.0 Å². The Kier molecular flexibility index (Phi) is 8.97. The lowest BCUT2D eigenvalue weighted by molar-refractivity contribution is 0.0955. The van der Waals surface area contributed by atoms with E-state index in [0.29, 0.717) is 37.3 Å². The molecular formula is C28H30ClN3O4S. The Hall–Kier alpha value is -3.20. The van der Waals surface area contributed by atoms with Crippen LogP contribution in [0.5, 0.6) is 0 Å². The minimum Gasteiger partial charge on any atom is -0.352 e. The molecule has 0 spiro atoms. The standard InChI is InChI=1S/C28H30ClN3O4S/c29-25-15-14-22(37(35,36)32-18-8-1-2-9-19-32)20-24(25)28(34)31-26-13-7-6-12-23(26)27(33)30-17-16-21-10-4-3-5-11-21/h3-7,10-15,20H,1-2,8-9,16-19H2,(H,30,33)(H,31,34). The number of rotatable bonds is 8. The average molecular weight is 540 g/mol. The molecule has 0 radical (unpaired) electrons. The maximum Gasteiger partial charge on any atom is 0.257 e. The van der Waals surface area contributed by atoms with Crippen LogP contribution in [0.15, 0.2) is 77.7 Å². The highest BCUT2D eigenvalue weighted by molar-refractivity contribution is 7.89. The van der Waals surface area contributed by atoms with Gasteiger partial charge in [0.25, 0.3) is 11.8 Å². The summed E-state index contributed by atoms with van der Waals surface area (Å²) in [5.74, 6) is -0.919. The van der Waals surface area contributed by atoms with Crippen molar-refractivity contribution in [2.24, 2.45) is 0 Å². The lowest BCUT2D eigenvalue weighted by Crippen LogP contribution is -2.32. The fourth-order valence-electron chi connectivity index (χ4n) is 4.31. The molecule has 2 amide bonds. The zero-order valence-electron chi connectivity index (χ0n) is 20.5. The number of carbonyl (C=O) groups excluding carboxylic acids is 2. The Morgan fingerprint density at radius 2 is 1.49 bits per heavy atom. The van der Waals surface area contributed by atoms with Crippen molar-refractivity contribution in [2.75, 3.05) is 25.0 Å². The maximum atomic E-state index is 13.2. The Balaban J connectivity index is 1.49. The van der Waals surface area contributed by atoms with E-state index in [1.54, 1.807) is 24.3 Å². The smallest absolute Gasteiger partial charge is 0.257 e. The van der Waals surface area contributed by atoms with E-state index in [4.69, 9.17) is 11.6 Å². The van der Waals surface area contributed by atoms with E-state index < -0.39 is 15.9 Å². The number of hydrogen-bond acceptors (Lipinski definition) is 4. The molecule has 3 aromatic rings. The molecule has 37 heavy (non-hydrogen) atoms. The van der Waals surface area contributed by atoms with Crippen molar-refractivity contribution in [3.05, 3.63) is 94.5 Å². The van der Waals surface area contributed by atoms with E-state index in [2.05, 4.69) is 10.6 Å². The highest BCUT2D eigenvalue weighted by Gasteiger charge is 2.27. The van der Waals surface area contributed by atoms with E-state index in [1.165, 1.54) is 22.5 Å². The fourth-order valence-corrected chi connectivity index (χ4v) is 6.06. The van der Waals surface area contributed by atoms with Gasteiger partial charge in [-0.15, -0.1) is 0 Å². The molecule has 0 atom stereocenters. The molecule has 7 nitrogen and oxygen atoms in total. The number of para-hydroxylation sites is 1. The number of halogens is 1. The van der Waals surface area contributed by atoms with Gasteiger partial charge in [-0.05, 0) is 55.2 Å². The molecule has 1 aliphatic heterocycles. The molecule has 0 saturated carbocycles. The van der Waals surface area contributed by atoms with Crippen molar-refractivity contribution in [1.82, 2.24) is 9.62 Å². The second-order valence-corrected chi connectivity index (χ2v) is 11.3. The third-order valence-electron chi connectivity index (χ3n) is 6.35. The summed E-state index contributed by atoms with van der Waals surface area (Å²) in [4.78, 5) is 26.1. The number of amides is 2. The van der Waals surface area contributed by atoms with E-state index in [9.17, 15) is 18.0 Å². The number of benzene rings is 3. The zero-order valence-corrected chi connectivity index (χ0v) is 22.0. The first-order valence-electron chi connectivity index (χ1n) is 12.4. The number of carbonyl (C=O) groups is 2. The van der Waals surface area contributed by atoms with Crippen LogP contribution in [-0.2, 0) is 16.4 Å². The van der Waals surface area contributed by atoms with E-state index >= 15 is 0 Å². The quantitative estimate of drug-likeness (QED) is 0.415. The summed E-state index contributed by atoms with van der Waals surface area (Å²) in [6, 6.07) is 20.6. The predicted octanol–water partition coefficient (Wildman–Crippen LogP) is 5.13. The number of nitrogens with one attached hydrogen (secondary N) is 2. The fraction of sp³-hybridized carbons (Fsp3) is 0.286. The first kappa shape index (κ1) is 26.9. The average Bonchev–Trinajstić information content (AvgIpc) is 3.20. The van der Waals surface area contributed by atoms with Crippen LogP contribution in [-0.4, -0.2) is 44.2 Å². The van der Waals surface area contributed by atoms with Crippen LogP contribution in [0.2, 0.25) is 5.02 Å². The highest BCUT2D eigenvalue weighted by atomic mass is 35.5. The molecule has 2 N–H and O–H groups in total. The number of hydrogen-bond donors (Lipinski definition) is 2. The SMILES string of the molecule is O=C(Nc1ccccc1C(=O)NCCc1ccccc1)c1cc(S(=O)(=O)N2CCCCCC2)ccc1Cl. The van der Waals surface area contributed by atoms with Gasteiger partial charge in [0.1, 0.15) is 0 Å². The van der Waals surface area contributed by atoms with Crippen LogP contribution in [0.1, 0.15) is 52.0 Å². The van der Waals surface area contributed by atoms with Crippen molar-refractivity contribution in [1.29, 1.82) is 0 Å². The first-order valence-corrected chi connectivity index (χ1v) is 14.2. The van der Waals surface area contributed by atoms with Crippen molar-refractivity contribution in [3.8, 4) is 0 Å². The lowest BCUT2D eigenvalue weighted by Gasteiger charge is -2.20. The van der Waals surface area contributed by atoms with Crippen LogP contribution in [0.25, 0.3) is 0 Å².